The quantitative estimate of drug-likeness (QED) is 0.937. The Balaban J connectivity index is 1.69. The number of benzene rings is 2. The summed E-state index contributed by atoms with van der Waals surface area (Å²) in [6.45, 7) is 0.288. The molecule has 110 valence electrons. The van der Waals surface area contributed by atoms with Crippen molar-refractivity contribution in [3.05, 3.63) is 54.1 Å². The molecule has 1 N–H and O–H groups in total. The summed E-state index contributed by atoms with van der Waals surface area (Å²) in [6.07, 6.45) is -1.18. The molecule has 5 heteroatoms. The fourth-order valence-electron chi connectivity index (χ4n) is 2.11. The van der Waals surface area contributed by atoms with Crippen LogP contribution in [0.25, 0.3) is 0 Å². The maximum absolute atomic E-state index is 9.91. The second-order valence-corrected chi connectivity index (χ2v) is 4.59. The van der Waals surface area contributed by atoms with Gasteiger partial charge in [-0.2, -0.15) is 0 Å². The van der Waals surface area contributed by atoms with Gasteiger partial charge in [-0.15, -0.1) is 0 Å². The van der Waals surface area contributed by atoms with E-state index in [2.05, 4.69) is 0 Å². The van der Waals surface area contributed by atoms with Gasteiger partial charge >= 0.3 is 0 Å². The lowest BCUT2D eigenvalue weighted by atomic mass is 10.2. The smallest absolute Gasteiger partial charge is 0.226 e. The number of hydrogen-bond donors (Lipinski definition) is 1. The normalized spacial score (nSPS) is 21.2. The molecule has 1 saturated heterocycles. The SMILES string of the molecule is COc1ccc(O)c(C2OCC(Oc3ccccc3)O2)c1. The summed E-state index contributed by atoms with van der Waals surface area (Å²) in [5, 5.41) is 9.91. The number of ether oxygens (including phenoxy) is 4. The summed E-state index contributed by atoms with van der Waals surface area (Å²) in [6, 6.07) is 14.3. The molecule has 1 heterocycles. The van der Waals surface area contributed by atoms with Crippen molar-refractivity contribution < 1.29 is 24.1 Å². The largest absolute Gasteiger partial charge is 0.507 e. The van der Waals surface area contributed by atoms with Gasteiger partial charge in [-0.1, -0.05) is 18.2 Å². The van der Waals surface area contributed by atoms with Crippen LogP contribution in [0.5, 0.6) is 17.2 Å². The van der Waals surface area contributed by atoms with E-state index in [-0.39, 0.29) is 12.4 Å². The van der Waals surface area contributed by atoms with E-state index in [9.17, 15) is 5.11 Å². The highest BCUT2D eigenvalue weighted by Crippen LogP contribution is 2.35. The van der Waals surface area contributed by atoms with Crippen molar-refractivity contribution in [3.63, 3.8) is 0 Å². The zero-order valence-corrected chi connectivity index (χ0v) is 11.6. The minimum atomic E-state index is -0.672. The van der Waals surface area contributed by atoms with E-state index in [0.29, 0.717) is 17.1 Å². The van der Waals surface area contributed by atoms with E-state index in [4.69, 9.17) is 18.9 Å². The molecule has 21 heavy (non-hydrogen) atoms. The number of aromatic hydroxyl groups is 1. The van der Waals surface area contributed by atoms with Gasteiger partial charge in [-0.25, -0.2) is 0 Å². The zero-order chi connectivity index (χ0) is 14.7. The van der Waals surface area contributed by atoms with Crippen LogP contribution in [0, 0.1) is 0 Å². The molecule has 2 aromatic rings. The van der Waals surface area contributed by atoms with Gasteiger partial charge in [0, 0.05) is 0 Å². The van der Waals surface area contributed by atoms with Gasteiger partial charge in [0.25, 0.3) is 0 Å². The van der Waals surface area contributed by atoms with E-state index >= 15 is 0 Å². The minimum Gasteiger partial charge on any atom is -0.507 e. The third kappa shape index (κ3) is 3.09. The fourth-order valence-corrected chi connectivity index (χ4v) is 2.11. The van der Waals surface area contributed by atoms with Gasteiger partial charge in [0.05, 0.1) is 12.7 Å². The van der Waals surface area contributed by atoms with Crippen LogP contribution in [-0.2, 0) is 9.47 Å². The molecule has 2 unspecified atom stereocenters. The predicted molar refractivity (Wildman–Crippen MR) is 75.3 cm³/mol. The summed E-state index contributed by atoms with van der Waals surface area (Å²) in [5.41, 5.74) is 0.522. The van der Waals surface area contributed by atoms with Crippen molar-refractivity contribution in [2.24, 2.45) is 0 Å². The Labute approximate surface area is 122 Å². The molecule has 0 radical (unpaired) electrons. The van der Waals surface area contributed by atoms with Gasteiger partial charge < -0.3 is 24.1 Å². The number of methoxy groups -OCH3 is 1. The fraction of sp³-hybridized carbons (Fsp3) is 0.250. The first-order valence-corrected chi connectivity index (χ1v) is 6.62. The lowest BCUT2D eigenvalue weighted by Gasteiger charge is -2.15. The molecule has 3 rings (SSSR count). The molecule has 1 aliphatic heterocycles. The molecule has 2 aromatic carbocycles. The van der Waals surface area contributed by atoms with Crippen molar-refractivity contribution in [1.82, 2.24) is 0 Å². The van der Waals surface area contributed by atoms with Crippen molar-refractivity contribution in [1.29, 1.82) is 0 Å². The first-order chi connectivity index (χ1) is 10.3. The molecule has 0 bridgehead atoms. The molecular weight excluding hydrogens is 272 g/mol. The van der Waals surface area contributed by atoms with Crippen LogP contribution >= 0.6 is 0 Å². The van der Waals surface area contributed by atoms with Crippen LogP contribution in [0.2, 0.25) is 0 Å². The van der Waals surface area contributed by atoms with E-state index < -0.39 is 12.6 Å². The molecule has 0 saturated carbocycles. The topological polar surface area (TPSA) is 57.2 Å². The zero-order valence-electron chi connectivity index (χ0n) is 11.6. The molecule has 2 atom stereocenters. The third-order valence-corrected chi connectivity index (χ3v) is 3.16. The Morgan fingerprint density at radius 3 is 2.67 bits per heavy atom. The highest BCUT2D eigenvalue weighted by atomic mass is 16.8. The maximum atomic E-state index is 9.91. The summed E-state index contributed by atoms with van der Waals surface area (Å²) < 4.78 is 22.0. The molecule has 0 amide bonds. The average molecular weight is 288 g/mol. The lowest BCUT2D eigenvalue weighted by molar-refractivity contribution is -0.107. The van der Waals surface area contributed by atoms with Crippen molar-refractivity contribution in [2.45, 2.75) is 12.6 Å². The molecule has 1 aliphatic rings. The van der Waals surface area contributed by atoms with Crippen LogP contribution in [0.3, 0.4) is 0 Å². The van der Waals surface area contributed by atoms with Gasteiger partial charge in [0.2, 0.25) is 6.29 Å². The molecule has 0 aliphatic carbocycles. The Bertz CT molecular complexity index is 599. The summed E-state index contributed by atoms with van der Waals surface area (Å²) in [7, 11) is 1.56. The van der Waals surface area contributed by atoms with E-state index in [1.54, 1.807) is 25.3 Å². The van der Waals surface area contributed by atoms with Gasteiger partial charge in [0.1, 0.15) is 23.9 Å². The number of hydrogen-bond acceptors (Lipinski definition) is 5. The minimum absolute atomic E-state index is 0.0983. The van der Waals surface area contributed by atoms with E-state index in [0.717, 1.165) is 0 Å². The molecule has 5 nitrogen and oxygen atoms in total. The van der Waals surface area contributed by atoms with Crippen LogP contribution in [0.1, 0.15) is 11.9 Å². The van der Waals surface area contributed by atoms with Gasteiger partial charge in [-0.05, 0) is 30.3 Å². The molecular formula is C16H16O5. The monoisotopic (exact) mass is 288 g/mol. The Morgan fingerprint density at radius 1 is 1.10 bits per heavy atom. The summed E-state index contributed by atoms with van der Waals surface area (Å²) >= 11 is 0. The Kier molecular flexibility index (Phi) is 3.94. The third-order valence-electron chi connectivity index (χ3n) is 3.16. The standard InChI is InChI=1S/C16H16O5/c1-18-12-7-8-14(17)13(9-12)16-19-10-15(21-16)20-11-5-3-2-4-6-11/h2-9,15-17H,10H2,1H3. The first-order valence-electron chi connectivity index (χ1n) is 6.62. The number of phenolic OH excluding ortho intramolecular Hbond substituents is 1. The van der Waals surface area contributed by atoms with Crippen molar-refractivity contribution >= 4 is 0 Å². The molecule has 0 aromatic heterocycles. The van der Waals surface area contributed by atoms with E-state index in [1.807, 2.05) is 30.3 Å². The second-order valence-electron chi connectivity index (χ2n) is 4.59. The van der Waals surface area contributed by atoms with Gasteiger partial charge in [-0.3, -0.25) is 0 Å². The van der Waals surface area contributed by atoms with Crippen LogP contribution < -0.4 is 9.47 Å². The van der Waals surface area contributed by atoms with Crippen LogP contribution in [0.15, 0.2) is 48.5 Å². The van der Waals surface area contributed by atoms with Crippen LogP contribution in [-0.4, -0.2) is 25.1 Å². The first kappa shape index (κ1) is 13.7. The average Bonchev–Trinajstić information content (AvgIpc) is 2.97. The predicted octanol–water partition coefficient (Wildman–Crippen LogP) is 2.85. The Hall–Kier alpha value is -2.24. The molecule has 1 fully saturated rings. The van der Waals surface area contributed by atoms with E-state index in [1.165, 1.54) is 0 Å². The van der Waals surface area contributed by atoms with Crippen LogP contribution in [0.4, 0.5) is 0 Å². The maximum Gasteiger partial charge on any atom is 0.226 e. The number of para-hydroxylation sites is 1. The lowest BCUT2D eigenvalue weighted by Crippen LogP contribution is -2.18. The Morgan fingerprint density at radius 2 is 1.90 bits per heavy atom. The number of phenols is 1. The van der Waals surface area contributed by atoms with Crippen molar-refractivity contribution in [3.8, 4) is 17.2 Å². The summed E-state index contributed by atoms with van der Waals surface area (Å²) in [4.78, 5) is 0. The second kappa shape index (κ2) is 6.03. The number of rotatable bonds is 4. The molecule has 0 spiro atoms. The highest BCUT2D eigenvalue weighted by Gasteiger charge is 2.30. The van der Waals surface area contributed by atoms with Gasteiger partial charge in [0.15, 0.2) is 6.29 Å². The van der Waals surface area contributed by atoms with Crippen molar-refractivity contribution in [2.75, 3.05) is 13.7 Å². The highest BCUT2D eigenvalue weighted by molar-refractivity contribution is 5.40. The summed E-state index contributed by atoms with van der Waals surface area (Å²) in [5.74, 6) is 1.44.